The number of aryl methyl sites for hydroxylation is 1. The van der Waals surface area contributed by atoms with Crippen molar-refractivity contribution in [3.05, 3.63) is 65.7 Å². The summed E-state index contributed by atoms with van der Waals surface area (Å²) in [6, 6.07) is 15.9. The first-order chi connectivity index (χ1) is 13.2. The minimum atomic E-state index is -3.55. The number of benzene rings is 2. The largest absolute Gasteiger partial charge is 0.452 e. The average Bonchev–Trinajstić information content (AvgIpc) is 2.64. The summed E-state index contributed by atoms with van der Waals surface area (Å²) in [6.45, 7) is 1.44. The summed E-state index contributed by atoms with van der Waals surface area (Å²) in [5, 5.41) is 2.78. The summed E-state index contributed by atoms with van der Waals surface area (Å²) < 4.78 is 30.1. The van der Waals surface area contributed by atoms with Gasteiger partial charge in [0.05, 0.1) is 17.5 Å². The molecule has 0 aliphatic carbocycles. The van der Waals surface area contributed by atoms with Crippen LogP contribution in [0.2, 0.25) is 0 Å². The quantitative estimate of drug-likeness (QED) is 0.625. The topological polar surface area (TPSA) is 102 Å². The summed E-state index contributed by atoms with van der Waals surface area (Å²) >= 11 is 0. The van der Waals surface area contributed by atoms with Crippen LogP contribution in [0.15, 0.2) is 54.6 Å². The molecule has 0 unspecified atom stereocenters. The third-order valence-electron chi connectivity index (χ3n) is 3.89. The number of hydrogen-bond acceptors (Lipinski definition) is 5. The van der Waals surface area contributed by atoms with Gasteiger partial charge in [-0.05, 0) is 37.5 Å². The molecule has 0 fully saturated rings. The van der Waals surface area contributed by atoms with Crippen LogP contribution >= 0.6 is 0 Å². The SMILES string of the molecule is C[C@H](CCc1ccccc1)NC(=O)COC(=O)c1ccccc1NS(C)(=O)=O. The average molecular weight is 404 g/mol. The molecule has 150 valence electrons. The summed E-state index contributed by atoms with van der Waals surface area (Å²) in [6.07, 6.45) is 2.57. The van der Waals surface area contributed by atoms with Gasteiger partial charge in [-0.15, -0.1) is 0 Å². The maximum absolute atomic E-state index is 12.2. The van der Waals surface area contributed by atoms with Gasteiger partial charge in [-0.25, -0.2) is 13.2 Å². The first-order valence-electron chi connectivity index (χ1n) is 8.82. The third-order valence-corrected chi connectivity index (χ3v) is 4.48. The Balaban J connectivity index is 1.83. The molecule has 0 bridgehead atoms. The van der Waals surface area contributed by atoms with Crippen molar-refractivity contribution in [3.8, 4) is 0 Å². The van der Waals surface area contributed by atoms with E-state index in [0.29, 0.717) is 0 Å². The molecule has 2 aromatic rings. The van der Waals surface area contributed by atoms with Crippen LogP contribution in [0.3, 0.4) is 0 Å². The van der Waals surface area contributed by atoms with Crippen molar-refractivity contribution in [2.75, 3.05) is 17.6 Å². The van der Waals surface area contributed by atoms with Crippen LogP contribution in [0.4, 0.5) is 5.69 Å². The Morgan fingerprint density at radius 3 is 2.36 bits per heavy atom. The normalized spacial score (nSPS) is 12.1. The minimum Gasteiger partial charge on any atom is -0.452 e. The second-order valence-electron chi connectivity index (χ2n) is 6.49. The first-order valence-corrected chi connectivity index (χ1v) is 10.7. The molecule has 7 nitrogen and oxygen atoms in total. The predicted octanol–water partition coefficient (Wildman–Crippen LogP) is 2.35. The zero-order valence-corrected chi connectivity index (χ0v) is 16.7. The van der Waals surface area contributed by atoms with Crippen molar-refractivity contribution in [1.29, 1.82) is 0 Å². The van der Waals surface area contributed by atoms with Gasteiger partial charge in [-0.1, -0.05) is 42.5 Å². The van der Waals surface area contributed by atoms with Crippen molar-refractivity contribution in [1.82, 2.24) is 5.32 Å². The Kier molecular flexibility index (Phi) is 7.57. The smallest absolute Gasteiger partial charge is 0.340 e. The van der Waals surface area contributed by atoms with Gasteiger partial charge < -0.3 is 10.1 Å². The lowest BCUT2D eigenvalue weighted by Gasteiger charge is -2.14. The molecule has 1 amide bonds. The van der Waals surface area contributed by atoms with Gasteiger partial charge in [-0.2, -0.15) is 0 Å². The monoisotopic (exact) mass is 404 g/mol. The second-order valence-corrected chi connectivity index (χ2v) is 8.24. The lowest BCUT2D eigenvalue weighted by Crippen LogP contribution is -2.36. The number of ether oxygens (including phenoxy) is 1. The predicted molar refractivity (Wildman–Crippen MR) is 108 cm³/mol. The van der Waals surface area contributed by atoms with Crippen LogP contribution in [-0.4, -0.2) is 39.2 Å². The molecular formula is C20H24N2O5S. The fourth-order valence-electron chi connectivity index (χ4n) is 2.58. The van der Waals surface area contributed by atoms with Gasteiger partial charge in [0.25, 0.3) is 5.91 Å². The van der Waals surface area contributed by atoms with Crippen LogP contribution in [0.1, 0.15) is 29.3 Å². The number of carbonyl (C=O) groups is 2. The fraction of sp³-hybridized carbons (Fsp3) is 0.300. The highest BCUT2D eigenvalue weighted by Crippen LogP contribution is 2.17. The molecule has 0 saturated carbocycles. The van der Waals surface area contributed by atoms with E-state index in [0.717, 1.165) is 19.1 Å². The Labute approximate surface area is 165 Å². The Hall–Kier alpha value is -2.87. The summed E-state index contributed by atoms with van der Waals surface area (Å²) in [5.41, 5.74) is 1.33. The highest BCUT2D eigenvalue weighted by Gasteiger charge is 2.17. The Bertz CT molecular complexity index is 913. The Morgan fingerprint density at radius 1 is 1.04 bits per heavy atom. The van der Waals surface area contributed by atoms with Crippen LogP contribution in [0.25, 0.3) is 0 Å². The molecule has 8 heteroatoms. The maximum Gasteiger partial charge on any atom is 0.340 e. The van der Waals surface area contributed by atoms with Crippen LogP contribution in [0.5, 0.6) is 0 Å². The van der Waals surface area contributed by atoms with E-state index in [2.05, 4.69) is 10.0 Å². The van der Waals surface area contributed by atoms with Gasteiger partial charge >= 0.3 is 5.97 Å². The van der Waals surface area contributed by atoms with Crippen molar-refractivity contribution in [3.63, 3.8) is 0 Å². The number of para-hydroxylation sites is 1. The fourth-order valence-corrected chi connectivity index (χ4v) is 3.15. The zero-order valence-electron chi connectivity index (χ0n) is 15.8. The number of nitrogens with one attached hydrogen (secondary N) is 2. The molecule has 0 heterocycles. The van der Waals surface area contributed by atoms with E-state index in [1.54, 1.807) is 12.1 Å². The lowest BCUT2D eigenvalue weighted by atomic mass is 10.1. The number of rotatable bonds is 9. The number of esters is 1. The number of amides is 1. The van der Waals surface area contributed by atoms with E-state index in [1.807, 2.05) is 37.3 Å². The van der Waals surface area contributed by atoms with Gasteiger partial charge in [0.15, 0.2) is 6.61 Å². The molecule has 0 radical (unpaired) electrons. The van der Waals surface area contributed by atoms with Crippen molar-refractivity contribution >= 4 is 27.6 Å². The van der Waals surface area contributed by atoms with Gasteiger partial charge in [0.2, 0.25) is 10.0 Å². The lowest BCUT2D eigenvalue weighted by molar-refractivity contribution is -0.124. The van der Waals surface area contributed by atoms with Crippen molar-refractivity contribution in [2.24, 2.45) is 0 Å². The van der Waals surface area contributed by atoms with E-state index in [-0.39, 0.29) is 17.3 Å². The van der Waals surface area contributed by atoms with Crippen molar-refractivity contribution in [2.45, 2.75) is 25.8 Å². The number of anilines is 1. The highest BCUT2D eigenvalue weighted by atomic mass is 32.2. The molecule has 28 heavy (non-hydrogen) atoms. The molecule has 2 N–H and O–H groups in total. The summed E-state index contributed by atoms with van der Waals surface area (Å²) in [5.74, 6) is -1.19. The standard InChI is InChI=1S/C20H24N2O5S/c1-15(12-13-16-8-4-3-5-9-16)21-19(23)14-27-20(24)17-10-6-7-11-18(17)22-28(2,25)26/h3-11,15,22H,12-14H2,1-2H3,(H,21,23)/t15-/m1/s1. The van der Waals surface area contributed by atoms with Gasteiger partial charge in [0.1, 0.15) is 0 Å². The molecule has 0 aromatic heterocycles. The molecule has 0 saturated heterocycles. The maximum atomic E-state index is 12.2. The van der Waals surface area contributed by atoms with E-state index < -0.39 is 28.5 Å². The summed E-state index contributed by atoms with van der Waals surface area (Å²) in [4.78, 5) is 24.2. The molecular weight excluding hydrogens is 380 g/mol. The van der Waals surface area contributed by atoms with Crippen LogP contribution in [0, 0.1) is 0 Å². The van der Waals surface area contributed by atoms with Crippen LogP contribution in [-0.2, 0) is 26.0 Å². The molecule has 0 aliphatic rings. The molecule has 0 aliphatic heterocycles. The molecule has 0 spiro atoms. The van der Waals surface area contributed by atoms with Gasteiger partial charge in [0, 0.05) is 6.04 Å². The molecule has 2 rings (SSSR count). The molecule has 1 atom stereocenters. The van der Waals surface area contributed by atoms with Crippen molar-refractivity contribution < 1.29 is 22.7 Å². The number of carbonyl (C=O) groups excluding carboxylic acids is 2. The number of hydrogen-bond donors (Lipinski definition) is 2. The summed E-state index contributed by atoms with van der Waals surface area (Å²) in [7, 11) is -3.55. The van der Waals surface area contributed by atoms with E-state index >= 15 is 0 Å². The van der Waals surface area contributed by atoms with E-state index in [4.69, 9.17) is 4.74 Å². The minimum absolute atomic E-state index is 0.0397. The highest BCUT2D eigenvalue weighted by molar-refractivity contribution is 7.92. The van der Waals surface area contributed by atoms with Crippen LogP contribution < -0.4 is 10.0 Å². The van der Waals surface area contributed by atoms with Gasteiger partial charge in [-0.3, -0.25) is 9.52 Å². The third kappa shape index (κ3) is 7.40. The molecule has 2 aromatic carbocycles. The zero-order chi connectivity index (χ0) is 20.6. The Morgan fingerprint density at radius 2 is 1.68 bits per heavy atom. The van der Waals surface area contributed by atoms with E-state index in [1.165, 1.54) is 17.7 Å². The number of sulfonamides is 1. The van der Waals surface area contributed by atoms with E-state index in [9.17, 15) is 18.0 Å². The first kappa shape index (κ1) is 21.4. The second kappa shape index (κ2) is 9.89.